The van der Waals surface area contributed by atoms with Gasteiger partial charge in [0.05, 0.1) is 0 Å². The maximum Gasteiger partial charge on any atom is 0.223 e. The van der Waals surface area contributed by atoms with Crippen LogP contribution in [0, 0.1) is 13.8 Å². The third kappa shape index (κ3) is 4.71. The van der Waals surface area contributed by atoms with Crippen molar-refractivity contribution in [2.45, 2.75) is 39.8 Å². The number of hydrogen-bond donors (Lipinski definition) is 2. The number of nitrogens with zero attached hydrogens (tertiary/aromatic N) is 4. The first-order chi connectivity index (χ1) is 12.1. The largest absolute Gasteiger partial charge is 0.369 e. The number of aromatic nitrogens is 2. The number of benzene rings is 1. The van der Waals surface area contributed by atoms with Gasteiger partial charge in [0.25, 0.3) is 0 Å². The summed E-state index contributed by atoms with van der Waals surface area (Å²) in [5, 5.41) is 10.7. The van der Waals surface area contributed by atoms with Gasteiger partial charge >= 0.3 is 0 Å². The van der Waals surface area contributed by atoms with Crippen LogP contribution in [0.15, 0.2) is 33.8 Å². The van der Waals surface area contributed by atoms with Crippen LogP contribution in [-0.4, -0.2) is 41.8 Å². The molecule has 1 aliphatic rings. The molecule has 1 aliphatic heterocycles. The van der Waals surface area contributed by atoms with Gasteiger partial charge in [-0.25, -0.2) is 4.99 Å². The molecule has 134 valence electrons. The van der Waals surface area contributed by atoms with Crippen LogP contribution in [-0.2, 0) is 6.54 Å². The minimum Gasteiger partial charge on any atom is -0.369 e. The van der Waals surface area contributed by atoms with E-state index in [0.29, 0.717) is 24.3 Å². The fourth-order valence-corrected chi connectivity index (χ4v) is 2.94. The summed E-state index contributed by atoms with van der Waals surface area (Å²) in [5.41, 5.74) is 2.56. The molecule has 0 bridgehead atoms. The summed E-state index contributed by atoms with van der Waals surface area (Å²) in [4.78, 5) is 11.2. The number of nitrogens with one attached hydrogen (secondary N) is 2. The van der Waals surface area contributed by atoms with E-state index in [1.807, 2.05) is 0 Å². The number of hydrogen-bond acceptors (Lipinski definition) is 5. The second-order valence-electron chi connectivity index (χ2n) is 6.34. The van der Waals surface area contributed by atoms with Crippen molar-refractivity contribution in [3.63, 3.8) is 0 Å². The predicted molar refractivity (Wildman–Crippen MR) is 98.8 cm³/mol. The van der Waals surface area contributed by atoms with Crippen LogP contribution in [0.5, 0.6) is 0 Å². The highest BCUT2D eigenvalue weighted by molar-refractivity contribution is 5.80. The first kappa shape index (κ1) is 17.3. The zero-order chi connectivity index (χ0) is 17.6. The monoisotopic (exact) mass is 342 g/mol. The summed E-state index contributed by atoms with van der Waals surface area (Å²) >= 11 is 0. The summed E-state index contributed by atoms with van der Waals surface area (Å²) in [5.74, 6) is 1.95. The minimum atomic E-state index is 0.367. The van der Waals surface area contributed by atoms with Gasteiger partial charge in [0.2, 0.25) is 5.89 Å². The van der Waals surface area contributed by atoms with E-state index in [1.54, 1.807) is 6.92 Å². The molecule has 7 nitrogen and oxygen atoms in total. The van der Waals surface area contributed by atoms with Crippen LogP contribution in [0.2, 0.25) is 0 Å². The van der Waals surface area contributed by atoms with Gasteiger partial charge in [-0.1, -0.05) is 22.9 Å². The van der Waals surface area contributed by atoms with Crippen LogP contribution in [0.4, 0.5) is 5.69 Å². The van der Waals surface area contributed by atoms with Crippen LogP contribution >= 0.6 is 0 Å². The van der Waals surface area contributed by atoms with Crippen LogP contribution in [0.1, 0.15) is 30.6 Å². The maximum absolute atomic E-state index is 4.98. The summed E-state index contributed by atoms with van der Waals surface area (Å²) in [7, 11) is 0. The fourth-order valence-electron chi connectivity index (χ4n) is 2.94. The molecule has 0 spiro atoms. The second kappa shape index (κ2) is 8.00. The van der Waals surface area contributed by atoms with Gasteiger partial charge < -0.3 is 20.1 Å². The van der Waals surface area contributed by atoms with E-state index >= 15 is 0 Å². The molecule has 0 saturated carbocycles. The van der Waals surface area contributed by atoms with Crippen molar-refractivity contribution in [1.29, 1.82) is 0 Å². The lowest BCUT2D eigenvalue weighted by molar-refractivity contribution is 0.387. The molecule has 1 fully saturated rings. The van der Waals surface area contributed by atoms with E-state index in [1.165, 1.54) is 11.3 Å². The van der Waals surface area contributed by atoms with Gasteiger partial charge in [-0.05, 0) is 32.4 Å². The highest BCUT2D eigenvalue weighted by atomic mass is 16.5. The van der Waals surface area contributed by atoms with E-state index in [4.69, 9.17) is 4.52 Å². The van der Waals surface area contributed by atoms with E-state index in [-0.39, 0.29) is 0 Å². The lowest BCUT2D eigenvalue weighted by Gasteiger charge is -2.20. The van der Waals surface area contributed by atoms with Crippen molar-refractivity contribution in [3.8, 4) is 0 Å². The molecule has 0 aliphatic carbocycles. The molecule has 7 heteroatoms. The van der Waals surface area contributed by atoms with Crippen molar-refractivity contribution in [1.82, 2.24) is 20.8 Å². The van der Waals surface area contributed by atoms with Gasteiger partial charge in [-0.15, -0.1) is 0 Å². The standard InChI is InChI=1S/C18H26N6O/c1-4-19-18(20-11-17-21-14(3)25-23-17)22-15-9-10-24(12-15)16-7-5-13(2)6-8-16/h5-8,15H,4,9-12H2,1-3H3,(H2,19,20,22). The Hall–Kier alpha value is -2.57. The van der Waals surface area contributed by atoms with Gasteiger partial charge in [0, 0.05) is 38.3 Å². The van der Waals surface area contributed by atoms with Crippen molar-refractivity contribution in [2.24, 2.45) is 4.99 Å². The average molecular weight is 342 g/mol. The molecule has 0 radical (unpaired) electrons. The molecule has 2 N–H and O–H groups in total. The Morgan fingerprint density at radius 3 is 2.80 bits per heavy atom. The second-order valence-corrected chi connectivity index (χ2v) is 6.34. The first-order valence-electron chi connectivity index (χ1n) is 8.79. The molecule has 25 heavy (non-hydrogen) atoms. The Kier molecular flexibility index (Phi) is 5.53. The van der Waals surface area contributed by atoms with Gasteiger partial charge in [0.15, 0.2) is 11.8 Å². The van der Waals surface area contributed by atoms with Crippen molar-refractivity contribution in [2.75, 3.05) is 24.5 Å². The van der Waals surface area contributed by atoms with Crippen LogP contribution in [0.3, 0.4) is 0 Å². The topological polar surface area (TPSA) is 78.6 Å². The number of aliphatic imine (C=N–C) groups is 1. The maximum atomic E-state index is 4.98. The fraction of sp³-hybridized carbons (Fsp3) is 0.500. The third-order valence-electron chi connectivity index (χ3n) is 4.22. The number of aryl methyl sites for hydroxylation is 2. The Morgan fingerprint density at radius 1 is 1.32 bits per heavy atom. The molecule has 1 aromatic heterocycles. The zero-order valence-corrected chi connectivity index (χ0v) is 15.1. The summed E-state index contributed by atoms with van der Waals surface area (Å²) in [6.45, 7) is 9.18. The zero-order valence-electron chi connectivity index (χ0n) is 15.1. The molecule has 3 rings (SSSR count). The number of guanidine groups is 1. The normalized spacial score (nSPS) is 17.8. The van der Waals surface area contributed by atoms with Crippen molar-refractivity contribution < 1.29 is 4.52 Å². The number of anilines is 1. The highest BCUT2D eigenvalue weighted by Gasteiger charge is 2.23. The Labute approximate surface area is 148 Å². The highest BCUT2D eigenvalue weighted by Crippen LogP contribution is 2.20. The lowest BCUT2D eigenvalue weighted by atomic mass is 10.2. The van der Waals surface area contributed by atoms with Gasteiger partial charge in [-0.3, -0.25) is 0 Å². The number of rotatable bonds is 5. The molecule has 1 saturated heterocycles. The van der Waals surface area contributed by atoms with E-state index in [9.17, 15) is 0 Å². The Morgan fingerprint density at radius 2 is 2.12 bits per heavy atom. The predicted octanol–water partition coefficient (Wildman–Crippen LogP) is 2.02. The molecule has 1 atom stereocenters. The van der Waals surface area contributed by atoms with E-state index < -0.39 is 0 Å². The average Bonchev–Trinajstić information content (AvgIpc) is 3.23. The minimum absolute atomic E-state index is 0.367. The van der Waals surface area contributed by atoms with Gasteiger partial charge in [0.1, 0.15) is 6.54 Å². The molecule has 2 aromatic rings. The molecule has 0 amide bonds. The van der Waals surface area contributed by atoms with Gasteiger partial charge in [-0.2, -0.15) is 4.98 Å². The van der Waals surface area contributed by atoms with Crippen molar-refractivity contribution in [3.05, 3.63) is 41.5 Å². The SMILES string of the molecule is CCNC(=NCc1noc(C)n1)NC1CCN(c2ccc(C)cc2)C1. The van der Waals surface area contributed by atoms with E-state index in [0.717, 1.165) is 32.0 Å². The molecular formula is C18H26N6O. The lowest BCUT2D eigenvalue weighted by Crippen LogP contribution is -2.44. The van der Waals surface area contributed by atoms with Crippen LogP contribution in [0.25, 0.3) is 0 Å². The van der Waals surface area contributed by atoms with E-state index in [2.05, 4.69) is 68.8 Å². The summed E-state index contributed by atoms with van der Waals surface area (Å²) in [6.07, 6.45) is 1.08. The Balaban J connectivity index is 1.58. The summed E-state index contributed by atoms with van der Waals surface area (Å²) < 4.78 is 4.98. The molecule has 1 aromatic carbocycles. The molecule has 2 heterocycles. The smallest absolute Gasteiger partial charge is 0.223 e. The first-order valence-corrected chi connectivity index (χ1v) is 8.79. The Bertz CT molecular complexity index is 709. The summed E-state index contributed by atoms with van der Waals surface area (Å²) in [6, 6.07) is 9.07. The third-order valence-corrected chi connectivity index (χ3v) is 4.22. The molecule has 1 unspecified atom stereocenters. The quantitative estimate of drug-likeness (QED) is 0.639. The molecular weight excluding hydrogens is 316 g/mol. The van der Waals surface area contributed by atoms with Crippen LogP contribution < -0.4 is 15.5 Å². The van der Waals surface area contributed by atoms with Crippen molar-refractivity contribution >= 4 is 11.6 Å².